The summed E-state index contributed by atoms with van der Waals surface area (Å²) in [5, 5.41) is 5.20. The maximum absolute atomic E-state index is 13.0. The summed E-state index contributed by atoms with van der Waals surface area (Å²) >= 11 is 0. The Morgan fingerprint density at radius 1 is 1.44 bits per heavy atom. The molecule has 6 heteroatoms. The molecule has 2 N–H and O–H groups in total. The van der Waals surface area contributed by atoms with Gasteiger partial charge in [0.15, 0.2) is 0 Å². The fraction of sp³-hybridized carbons (Fsp3) is 0.571. The van der Waals surface area contributed by atoms with E-state index in [0.717, 1.165) is 32.5 Å². The van der Waals surface area contributed by atoms with E-state index in [9.17, 15) is 4.79 Å². The lowest BCUT2D eigenvalue weighted by molar-refractivity contribution is -0.136. The van der Waals surface area contributed by atoms with Crippen LogP contribution in [-0.4, -0.2) is 69.3 Å². The van der Waals surface area contributed by atoms with Gasteiger partial charge in [-0.05, 0) is 42.7 Å². The first-order valence-corrected chi connectivity index (χ1v) is 9.89. The molecule has 0 bridgehead atoms. The number of carbonyl (C=O) groups is 1. The van der Waals surface area contributed by atoms with Crippen molar-refractivity contribution in [1.82, 2.24) is 15.3 Å². The van der Waals surface area contributed by atoms with Crippen LogP contribution in [0.15, 0.2) is 24.3 Å². The van der Waals surface area contributed by atoms with Gasteiger partial charge in [0, 0.05) is 58.0 Å². The van der Waals surface area contributed by atoms with E-state index in [4.69, 9.17) is 4.74 Å². The summed E-state index contributed by atoms with van der Waals surface area (Å²) in [6.07, 6.45) is 4.24. The zero-order valence-corrected chi connectivity index (χ0v) is 16.5. The van der Waals surface area contributed by atoms with Gasteiger partial charge in [0.25, 0.3) is 0 Å². The molecule has 1 aromatic carbocycles. The number of nitrogens with one attached hydrogen (secondary N) is 2. The number of likely N-dealkylation sites (N-methyl/N-ethyl adjacent to an activating group) is 1. The lowest BCUT2D eigenvalue weighted by atomic mass is 9.74. The molecule has 2 aliphatic heterocycles. The van der Waals surface area contributed by atoms with Gasteiger partial charge in [-0.15, -0.1) is 0 Å². The highest BCUT2D eigenvalue weighted by atomic mass is 16.5. The molecule has 1 unspecified atom stereocenters. The number of ether oxygens (including phenoxy) is 1. The van der Waals surface area contributed by atoms with Crippen molar-refractivity contribution in [1.29, 1.82) is 0 Å². The number of hydrogen-bond acceptors (Lipinski definition) is 5. The van der Waals surface area contributed by atoms with Crippen molar-refractivity contribution in [2.75, 3.05) is 52.8 Å². The fourth-order valence-corrected chi connectivity index (χ4v) is 4.79. The average molecular weight is 370 g/mol. The van der Waals surface area contributed by atoms with Crippen molar-refractivity contribution in [2.45, 2.75) is 24.8 Å². The number of carbonyl (C=O) groups excluding carboxylic acids is 1. The molecule has 2 heterocycles. The number of anilines is 1. The quantitative estimate of drug-likeness (QED) is 0.592. The van der Waals surface area contributed by atoms with E-state index in [0.29, 0.717) is 18.6 Å². The van der Waals surface area contributed by atoms with Crippen LogP contribution in [0, 0.1) is 5.92 Å². The third kappa shape index (κ3) is 3.37. The van der Waals surface area contributed by atoms with Crippen LogP contribution in [0.3, 0.4) is 0 Å². The van der Waals surface area contributed by atoms with Crippen molar-refractivity contribution in [2.24, 2.45) is 5.92 Å². The number of methoxy groups -OCH3 is 1. The molecule has 146 valence electrons. The average Bonchev–Trinajstić information content (AvgIpc) is 3.09. The Hall–Kier alpha value is -1.89. The third-order valence-electron chi connectivity index (χ3n) is 6.15. The first-order chi connectivity index (χ1) is 13.1. The topological polar surface area (TPSA) is 56.8 Å². The summed E-state index contributed by atoms with van der Waals surface area (Å²) in [6, 6.07) is 6.93. The van der Waals surface area contributed by atoms with Gasteiger partial charge >= 0.3 is 0 Å². The van der Waals surface area contributed by atoms with Crippen LogP contribution in [0.5, 0.6) is 0 Å². The summed E-state index contributed by atoms with van der Waals surface area (Å²) in [5.41, 5.74) is 8.57. The number of hydrogen-bond donors (Lipinski definition) is 2. The highest BCUT2D eigenvalue weighted by Crippen LogP contribution is 2.48. The molecule has 0 aromatic heterocycles. The Morgan fingerprint density at radius 3 is 3.11 bits per heavy atom. The fourth-order valence-electron chi connectivity index (χ4n) is 4.79. The molecule has 0 saturated heterocycles. The third-order valence-corrected chi connectivity index (χ3v) is 6.15. The molecule has 1 amide bonds. The second kappa shape index (κ2) is 7.62. The van der Waals surface area contributed by atoms with Crippen molar-refractivity contribution in [3.05, 3.63) is 35.4 Å². The maximum Gasteiger partial charge on any atom is 0.244 e. The summed E-state index contributed by atoms with van der Waals surface area (Å²) in [6.45, 7) is 3.23. The lowest BCUT2D eigenvalue weighted by Gasteiger charge is -2.42. The van der Waals surface area contributed by atoms with Crippen LogP contribution < -0.4 is 10.7 Å². The smallest absolute Gasteiger partial charge is 0.244 e. The van der Waals surface area contributed by atoms with Crippen molar-refractivity contribution in [3.63, 3.8) is 0 Å². The molecule has 1 aromatic rings. The maximum atomic E-state index is 13.0. The van der Waals surface area contributed by atoms with Crippen molar-refractivity contribution < 1.29 is 9.53 Å². The Kier molecular flexibility index (Phi) is 5.21. The van der Waals surface area contributed by atoms with Crippen LogP contribution in [0.25, 0.3) is 5.57 Å². The van der Waals surface area contributed by atoms with Crippen LogP contribution >= 0.6 is 0 Å². The second-order valence-corrected chi connectivity index (χ2v) is 7.92. The molecule has 0 radical (unpaired) electrons. The van der Waals surface area contributed by atoms with Gasteiger partial charge in [0.2, 0.25) is 5.91 Å². The molecule has 0 fully saturated rings. The highest BCUT2D eigenvalue weighted by molar-refractivity contribution is 5.87. The number of fused-ring (bicyclic) bond motifs is 2. The van der Waals surface area contributed by atoms with Crippen molar-refractivity contribution >= 4 is 17.2 Å². The molecule has 27 heavy (non-hydrogen) atoms. The monoisotopic (exact) mass is 370 g/mol. The molecule has 3 aliphatic rings. The Bertz CT molecular complexity index is 748. The van der Waals surface area contributed by atoms with E-state index in [1.54, 1.807) is 12.1 Å². The number of benzene rings is 1. The molecule has 6 nitrogen and oxygen atoms in total. The SMILES string of the molecule is COCCCNN(C)C(=O)[C@@H]1C=C2c3cccc4c3C(CN4)C[C@H]2N(C)C1. The summed E-state index contributed by atoms with van der Waals surface area (Å²) < 4.78 is 5.07. The normalized spacial score (nSPS) is 26.0. The number of amides is 1. The minimum atomic E-state index is -0.122. The molecule has 1 aliphatic carbocycles. The highest BCUT2D eigenvalue weighted by Gasteiger charge is 2.41. The number of hydrazine groups is 1. The van der Waals surface area contributed by atoms with E-state index in [2.05, 4.69) is 47.0 Å². The van der Waals surface area contributed by atoms with Crippen molar-refractivity contribution in [3.8, 4) is 0 Å². The van der Waals surface area contributed by atoms with Gasteiger partial charge in [0.1, 0.15) is 0 Å². The Labute approximate surface area is 161 Å². The minimum absolute atomic E-state index is 0.122. The van der Waals surface area contributed by atoms with E-state index in [1.165, 1.54) is 22.4 Å². The zero-order chi connectivity index (χ0) is 19.0. The van der Waals surface area contributed by atoms with E-state index in [1.807, 2.05) is 7.05 Å². The van der Waals surface area contributed by atoms with Crippen LogP contribution in [-0.2, 0) is 9.53 Å². The largest absolute Gasteiger partial charge is 0.385 e. The van der Waals surface area contributed by atoms with Gasteiger partial charge in [-0.2, -0.15) is 0 Å². The standard InChI is InChI=1S/C21H30N4O2/c1-24-13-15(21(26)25(2)23-8-5-9-27-3)10-17-16-6-4-7-18-20(16)14(12-22-18)11-19(17)24/h4,6-7,10,14-15,19,22-23H,5,8-9,11-13H2,1-3H3/t14?,15-,19-/m1/s1. The zero-order valence-electron chi connectivity index (χ0n) is 16.5. The van der Waals surface area contributed by atoms with Gasteiger partial charge in [-0.3, -0.25) is 14.7 Å². The predicted octanol–water partition coefficient (Wildman–Crippen LogP) is 1.91. The molecule has 0 spiro atoms. The Balaban J connectivity index is 1.55. The summed E-state index contributed by atoms with van der Waals surface area (Å²) in [4.78, 5) is 15.4. The van der Waals surface area contributed by atoms with Crippen LogP contribution in [0.2, 0.25) is 0 Å². The van der Waals surface area contributed by atoms with Crippen LogP contribution in [0.4, 0.5) is 5.69 Å². The number of rotatable bonds is 6. The summed E-state index contributed by atoms with van der Waals surface area (Å²) in [7, 11) is 5.67. The Morgan fingerprint density at radius 2 is 2.30 bits per heavy atom. The first-order valence-electron chi connectivity index (χ1n) is 9.89. The molecular formula is C21H30N4O2. The molecular weight excluding hydrogens is 340 g/mol. The van der Waals surface area contributed by atoms with Gasteiger partial charge in [-0.1, -0.05) is 18.2 Å². The molecule has 0 saturated carbocycles. The van der Waals surface area contributed by atoms with Gasteiger partial charge in [-0.25, -0.2) is 5.43 Å². The van der Waals surface area contributed by atoms with Crippen LogP contribution in [0.1, 0.15) is 29.9 Å². The lowest BCUT2D eigenvalue weighted by Crippen LogP contribution is -2.50. The first kappa shape index (κ1) is 18.5. The summed E-state index contributed by atoms with van der Waals surface area (Å²) in [5.74, 6) is 0.583. The minimum Gasteiger partial charge on any atom is -0.385 e. The van der Waals surface area contributed by atoms with E-state index < -0.39 is 0 Å². The number of nitrogens with zero attached hydrogens (tertiary/aromatic N) is 2. The second-order valence-electron chi connectivity index (χ2n) is 7.92. The van der Waals surface area contributed by atoms with E-state index in [-0.39, 0.29) is 11.8 Å². The van der Waals surface area contributed by atoms with Gasteiger partial charge in [0.05, 0.1) is 5.92 Å². The van der Waals surface area contributed by atoms with Gasteiger partial charge < -0.3 is 10.1 Å². The predicted molar refractivity (Wildman–Crippen MR) is 107 cm³/mol. The molecule has 4 rings (SSSR count). The van der Waals surface area contributed by atoms with E-state index >= 15 is 0 Å². The molecule has 3 atom stereocenters.